The van der Waals surface area contributed by atoms with Crippen molar-refractivity contribution in [1.82, 2.24) is 0 Å². The second-order valence-electron chi connectivity index (χ2n) is 6.57. The van der Waals surface area contributed by atoms with E-state index in [1.165, 1.54) is 0 Å². The molecule has 150 valence electrons. The van der Waals surface area contributed by atoms with Gasteiger partial charge in [0, 0.05) is 5.57 Å². The van der Waals surface area contributed by atoms with Crippen molar-refractivity contribution in [3.8, 4) is 0 Å². The van der Waals surface area contributed by atoms with Crippen molar-refractivity contribution in [1.29, 1.82) is 0 Å². The summed E-state index contributed by atoms with van der Waals surface area (Å²) in [5, 5.41) is 0. The molecular weight excluding hydrogens is 340 g/mol. The topological polar surface area (TPSA) is 52.6 Å². The second-order valence-corrected chi connectivity index (χ2v) is 6.57. The molecule has 0 bridgehead atoms. The van der Waals surface area contributed by atoms with E-state index >= 15 is 0 Å². The number of esters is 1. The van der Waals surface area contributed by atoms with Crippen LogP contribution in [0.3, 0.4) is 0 Å². The summed E-state index contributed by atoms with van der Waals surface area (Å²) in [5.74, 6) is -0.526. The Kier molecular flexibility index (Phi) is 12.0. The van der Waals surface area contributed by atoms with Crippen LogP contribution in [0.2, 0.25) is 0 Å². The van der Waals surface area contributed by atoms with Crippen molar-refractivity contribution in [2.24, 2.45) is 0 Å². The van der Waals surface area contributed by atoms with Crippen LogP contribution < -0.4 is 0 Å². The molecule has 0 heterocycles. The summed E-state index contributed by atoms with van der Waals surface area (Å²) < 4.78 is 11.2. The van der Waals surface area contributed by atoms with Crippen LogP contribution in [0, 0.1) is 0 Å². The molecule has 0 aliphatic rings. The van der Waals surface area contributed by atoms with E-state index in [1.54, 1.807) is 52.0 Å². The smallest absolute Gasteiger partial charge is 0.338 e. The molecule has 0 amide bonds. The third kappa shape index (κ3) is 9.34. The van der Waals surface area contributed by atoms with Crippen LogP contribution in [0.1, 0.15) is 54.9 Å². The number of Topliss-reactive ketones (excluding diaryl/α,β-unsaturated/α-hetero) is 1. The van der Waals surface area contributed by atoms with Gasteiger partial charge in [-0.25, -0.2) is 4.79 Å². The first kappa shape index (κ1) is 24.8. The molecule has 0 aromatic carbocycles. The minimum Gasteiger partial charge on any atom is -0.457 e. The monoisotopic (exact) mass is 374 g/mol. The maximum atomic E-state index is 12.8. The predicted octanol–water partition coefficient (Wildman–Crippen LogP) is 5.27. The van der Waals surface area contributed by atoms with Crippen LogP contribution in [0.25, 0.3) is 0 Å². The minimum absolute atomic E-state index is 0.128. The number of hydrogen-bond donors (Lipinski definition) is 0. The summed E-state index contributed by atoms with van der Waals surface area (Å²) in [6.07, 6.45) is 14.7. The lowest BCUT2D eigenvalue weighted by molar-refractivity contribution is -0.152. The number of ether oxygens (including phenoxy) is 2. The Labute approximate surface area is 164 Å². The zero-order valence-electron chi connectivity index (χ0n) is 17.7. The highest BCUT2D eigenvalue weighted by atomic mass is 16.6. The SMILES string of the molecule is C\C=C/C=C(\C=C/C)C(=O)C(C)(C)OCC(C)OC(=O)C(/C=C\CC)=C/C. The van der Waals surface area contributed by atoms with Crippen molar-refractivity contribution in [3.63, 3.8) is 0 Å². The van der Waals surface area contributed by atoms with Gasteiger partial charge >= 0.3 is 5.97 Å². The summed E-state index contributed by atoms with van der Waals surface area (Å²) in [6, 6.07) is 0. The van der Waals surface area contributed by atoms with Gasteiger partial charge < -0.3 is 9.47 Å². The highest BCUT2D eigenvalue weighted by molar-refractivity contribution is 6.03. The second kappa shape index (κ2) is 13.0. The van der Waals surface area contributed by atoms with E-state index in [9.17, 15) is 9.59 Å². The van der Waals surface area contributed by atoms with Gasteiger partial charge in [-0.15, -0.1) is 0 Å². The van der Waals surface area contributed by atoms with Crippen molar-refractivity contribution in [2.45, 2.75) is 66.6 Å². The molecule has 0 saturated carbocycles. The van der Waals surface area contributed by atoms with E-state index in [0.29, 0.717) is 11.1 Å². The number of carbonyl (C=O) groups excluding carboxylic acids is 2. The molecule has 27 heavy (non-hydrogen) atoms. The third-order valence-corrected chi connectivity index (χ3v) is 3.69. The number of allylic oxidation sites excluding steroid dienone is 7. The summed E-state index contributed by atoms with van der Waals surface area (Å²) in [6.45, 7) is 12.9. The van der Waals surface area contributed by atoms with E-state index in [4.69, 9.17) is 9.47 Å². The standard InChI is InChI=1S/C23H34O4/c1-8-12-15-19(11-4)22(25)27-18(5)17-26-23(6,7)21(24)20(14-10-3)16-13-9-2/h9-16,18H,8,17H2,1-7H3/b13-9-,14-10-,15-12-,19-11+,20-16+. The molecule has 1 unspecified atom stereocenters. The van der Waals surface area contributed by atoms with Gasteiger partial charge in [-0.3, -0.25) is 4.79 Å². The van der Waals surface area contributed by atoms with E-state index in [0.717, 1.165) is 6.42 Å². The van der Waals surface area contributed by atoms with Gasteiger partial charge in [0.2, 0.25) is 0 Å². The molecule has 0 N–H and O–H groups in total. The Morgan fingerprint density at radius 3 is 2.22 bits per heavy atom. The Hall–Kier alpha value is -2.20. The van der Waals surface area contributed by atoms with Gasteiger partial charge in [-0.2, -0.15) is 0 Å². The van der Waals surface area contributed by atoms with Crippen LogP contribution in [0.5, 0.6) is 0 Å². The number of ketones is 1. The number of carbonyl (C=O) groups is 2. The van der Waals surface area contributed by atoms with E-state index in [-0.39, 0.29) is 12.4 Å². The maximum absolute atomic E-state index is 12.8. The van der Waals surface area contributed by atoms with Gasteiger partial charge in [0.25, 0.3) is 0 Å². The molecule has 0 fully saturated rings. The molecule has 1 atom stereocenters. The summed E-state index contributed by atoms with van der Waals surface area (Å²) in [7, 11) is 0. The highest BCUT2D eigenvalue weighted by Gasteiger charge is 2.31. The quantitative estimate of drug-likeness (QED) is 0.281. The van der Waals surface area contributed by atoms with Gasteiger partial charge in [0.05, 0.1) is 12.2 Å². The summed E-state index contributed by atoms with van der Waals surface area (Å²) in [5.41, 5.74) is 0.0360. The van der Waals surface area contributed by atoms with E-state index in [1.807, 2.05) is 45.1 Å². The van der Waals surface area contributed by atoms with Crippen LogP contribution in [0.4, 0.5) is 0 Å². The molecule has 0 spiro atoms. The molecule has 0 saturated heterocycles. The summed E-state index contributed by atoms with van der Waals surface area (Å²) in [4.78, 5) is 24.9. The summed E-state index contributed by atoms with van der Waals surface area (Å²) >= 11 is 0. The van der Waals surface area contributed by atoms with Gasteiger partial charge in [0.15, 0.2) is 5.78 Å². The Balaban J connectivity index is 4.94. The van der Waals surface area contributed by atoms with E-state index in [2.05, 4.69) is 0 Å². The third-order valence-electron chi connectivity index (χ3n) is 3.69. The average Bonchev–Trinajstić information content (AvgIpc) is 2.63. The fourth-order valence-corrected chi connectivity index (χ4v) is 2.14. The minimum atomic E-state index is -1.03. The number of hydrogen-bond acceptors (Lipinski definition) is 4. The van der Waals surface area contributed by atoms with Crippen molar-refractivity contribution >= 4 is 11.8 Å². The molecule has 0 aliphatic heterocycles. The van der Waals surface area contributed by atoms with Crippen LogP contribution in [-0.2, 0) is 19.1 Å². The van der Waals surface area contributed by atoms with Crippen molar-refractivity contribution < 1.29 is 19.1 Å². The highest BCUT2D eigenvalue weighted by Crippen LogP contribution is 2.18. The van der Waals surface area contributed by atoms with Crippen molar-refractivity contribution in [3.05, 3.63) is 59.8 Å². The van der Waals surface area contributed by atoms with Crippen LogP contribution >= 0.6 is 0 Å². The van der Waals surface area contributed by atoms with E-state index < -0.39 is 17.7 Å². The first-order valence-corrected chi connectivity index (χ1v) is 9.41. The molecule has 4 nitrogen and oxygen atoms in total. The van der Waals surface area contributed by atoms with Crippen molar-refractivity contribution in [2.75, 3.05) is 6.61 Å². The average molecular weight is 375 g/mol. The molecule has 0 radical (unpaired) electrons. The molecule has 0 aromatic heterocycles. The van der Waals surface area contributed by atoms with Gasteiger partial charge in [-0.05, 0) is 48.0 Å². The lowest BCUT2D eigenvalue weighted by Gasteiger charge is -2.26. The van der Waals surface area contributed by atoms with Gasteiger partial charge in [-0.1, -0.05) is 55.5 Å². The fraction of sp³-hybridized carbons (Fsp3) is 0.478. The number of rotatable bonds is 11. The first-order chi connectivity index (χ1) is 12.7. The molecule has 0 rings (SSSR count). The molecule has 0 aromatic rings. The Bertz CT molecular complexity index is 631. The zero-order chi connectivity index (χ0) is 20.9. The molecule has 4 heteroatoms. The Morgan fingerprint density at radius 2 is 1.70 bits per heavy atom. The first-order valence-electron chi connectivity index (χ1n) is 9.41. The maximum Gasteiger partial charge on any atom is 0.338 e. The zero-order valence-corrected chi connectivity index (χ0v) is 17.7. The largest absolute Gasteiger partial charge is 0.457 e. The predicted molar refractivity (Wildman–Crippen MR) is 111 cm³/mol. The molecule has 0 aliphatic carbocycles. The van der Waals surface area contributed by atoms with Gasteiger partial charge in [0.1, 0.15) is 11.7 Å². The van der Waals surface area contributed by atoms with Crippen LogP contribution in [0.15, 0.2) is 59.8 Å². The Morgan fingerprint density at radius 1 is 1.04 bits per heavy atom. The van der Waals surface area contributed by atoms with Crippen LogP contribution in [-0.4, -0.2) is 30.1 Å². The lowest BCUT2D eigenvalue weighted by Crippen LogP contribution is -2.38. The fourth-order valence-electron chi connectivity index (χ4n) is 2.14. The molecular formula is C23H34O4. The lowest BCUT2D eigenvalue weighted by atomic mass is 9.95. The normalized spacial score (nSPS) is 15.1.